The van der Waals surface area contributed by atoms with Crippen molar-refractivity contribution in [3.8, 4) is 5.75 Å². The highest BCUT2D eigenvalue weighted by atomic mass is 16.5. The monoisotopic (exact) mass is 357 g/mol. The summed E-state index contributed by atoms with van der Waals surface area (Å²) >= 11 is 0. The third-order valence-electron chi connectivity index (χ3n) is 5.08. The summed E-state index contributed by atoms with van der Waals surface area (Å²) in [7, 11) is 0. The van der Waals surface area contributed by atoms with Crippen LogP contribution in [0.5, 0.6) is 5.75 Å². The van der Waals surface area contributed by atoms with Crippen LogP contribution in [0.1, 0.15) is 35.4 Å². The summed E-state index contributed by atoms with van der Waals surface area (Å²) in [6.45, 7) is 7.01. The molecular weight excluding hydrogens is 330 g/mol. The van der Waals surface area contributed by atoms with E-state index in [0.717, 1.165) is 28.3 Å². The average molecular weight is 357 g/mol. The van der Waals surface area contributed by atoms with Crippen LogP contribution in [0.15, 0.2) is 24.3 Å². The summed E-state index contributed by atoms with van der Waals surface area (Å²) in [5, 5.41) is 17.8. The van der Waals surface area contributed by atoms with Gasteiger partial charge in [-0.25, -0.2) is 0 Å². The van der Waals surface area contributed by atoms with E-state index in [9.17, 15) is 9.90 Å². The summed E-state index contributed by atoms with van der Waals surface area (Å²) in [4.78, 5) is 14.2. The van der Waals surface area contributed by atoms with Gasteiger partial charge in [0, 0.05) is 18.7 Å². The number of nitrogens with one attached hydrogen (secondary N) is 1. The van der Waals surface area contributed by atoms with Crippen LogP contribution in [0.4, 0.5) is 0 Å². The number of ether oxygens (including phenoxy) is 1. The van der Waals surface area contributed by atoms with Crippen LogP contribution in [0.2, 0.25) is 0 Å². The van der Waals surface area contributed by atoms with E-state index < -0.39 is 5.60 Å². The number of amides is 1. The van der Waals surface area contributed by atoms with E-state index >= 15 is 0 Å². The standard InChI is InChI=1S/C20H27N3O3/c1-14-4-6-17(7-5-14)26-13-20(25)10-11-23(12-20)19(24)9-8-18-15(2)21-22-16(18)3/h4-7,25H,8-13H2,1-3H3,(H,21,22)/t20-/m0/s1. The molecule has 2 N–H and O–H groups in total. The number of β-amino-alcohol motifs (C(OH)–C–C–N with tert-alkyl or cyclic N) is 1. The minimum absolute atomic E-state index is 0.0660. The van der Waals surface area contributed by atoms with Crippen molar-refractivity contribution in [2.45, 2.75) is 45.6 Å². The normalized spacial score (nSPS) is 19.8. The molecule has 1 atom stereocenters. The van der Waals surface area contributed by atoms with E-state index in [1.807, 2.05) is 45.0 Å². The van der Waals surface area contributed by atoms with Gasteiger partial charge in [0.25, 0.3) is 0 Å². The average Bonchev–Trinajstić information content (AvgIpc) is 3.16. The number of hydrogen-bond donors (Lipinski definition) is 2. The quantitative estimate of drug-likeness (QED) is 0.832. The Labute approximate surface area is 154 Å². The van der Waals surface area contributed by atoms with E-state index in [-0.39, 0.29) is 12.5 Å². The number of aromatic nitrogens is 2. The Morgan fingerprint density at radius 2 is 2.04 bits per heavy atom. The van der Waals surface area contributed by atoms with Crippen molar-refractivity contribution in [1.29, 1.82) is 0 Å². The van der Waals surface area contributed by atoms with Crippen molar-refractivity contribution in [3.63, 3.8) is 0 Å². The van der Waals surface area contributed by atoms with E-state index in [1.54, 1.807) is 4.90 Å². The van der Waals surface area contributed by atoms with E-state index in [4.69, 9.17) is 4.74 Å². The second kappa shape index (κ2) is 7.50. The first-order chi connectivity index (χ1) is 12.4. The second-order valence-corrected chi connectivity index (χ2v) is 7.30. The van der Waals surface area contributed by atoms with Gasteiger partial charge in [0.05, 0.1) is 12.2 Å². The molecule has 0 aliphatic carbocycles. The summed E-state index contributed by atoms with van der Waals surface area (Å²) in [6, 6.07) is 7.74. The molecule has 1 saturated heterocycles. The van der Waals surface area contributed by atoms with Crippen LogP contribution >= 0.6 is 0 Å². The number of carbonyl (C=O) groups excluding carboxylic acids is 1. The van der Waals surface area contributed by atoms with Gasteiger partial charge < -0.3 is 14.7 Å². The fraction of sp³-hybridized carbons (Fsp3) is 0.500. The fourth-order valence-corrected chi connectivity index (χ4v) is 3.37. The first-order valence-electron chi connectivity index (χ1n) is 9.06. The van der Waals surface area contributed by atoms with Crippen LogP contribution < -0.4 is 4.74 Å². The summed E-state index contributed by atoms with van der Waals surface area (Å²) in [5.74, 6) is 0.802. The number of benzene rings is 1. The number of carbonyl (C=O) groups is 1. The zero-order valence-corrected chi connectivity index (χ0v) is 15.7. The lowest BCUT2D eigenvalue weighted by molar-refractivity contribution is -0.131. The zero-order chi connectivity index (χ0) is 18.7. The Kier molecular flexibility index (Phi) is 5.32. The predicted octanol–water partition coefficient (Wildman–Crippen LogP) is 2.31. The number of aryl methyl sites for hydroxylation is 3. The molecule has 6 heteroatoms. The first kappa shape index (κ1) is 18.5. The molecule has 0 unspecified atom stereocenters. The van der Waals surface area contributed by atoms with Gasteiger partial charge in [-0.15, -0.1) is 0 Å². The molecule has 0 bridgehead atoms. The van der Waals surface area contributed by atoms with Crippen molar-refractivity contribution in [2.24, 2.45) is 0 Å². The largest absolute Gasteiger partial charge is 0.491 e. The van der Waals surface area contributed by atoms with Gasteiger partial charge in [-0.1, -0.05) is 17.7 Å². The molecule has 1 fully saturated rings. The molecule has 1 aromatic heterocycles. The Hall–Kier alpha value is -2.34. The Bertz CT molecular complexity index is 750. The van der Waals surface area contributed by atoms with E-state index in [1.165, 1.54) is 0 Å². The number of aliphatic hydroxyl groups is 1. The van der Waals surface area contributed by atoms with Crippen LogP contribution in [0, 0.1) is 20.8 Å². The molecule has 2 heterocycles. The van der Waals surface area contributed by atoms with Gasteiger partial charge in [0.2, 0.25) is 5.91 Å². The molecule has 26 heavy (non-hydrogen) atoms. The smallest absolute Gasteiger partial charge is 0.223 e. The third kappa shape index (κ3) is 4.25. The lowest BCUT2D eigenvalue weighted by Gasteiger charge is -2.23. The lowest BCUT2D eigenvalue weighted by Crippen LogP contribution is -2.40. The zero-order valence-electron chi connectivity index (χ0n) is 15.7. The molecule has 0 saturated carbocycles. The Morgan fingerprint density at radius 1 is 1.31 bits per heavy atom. The van der Waals surface area contributed by atoms with Crippen LogP contribution in [0.3, 0.4) is 0 Å². The van der Waals surface area contributed by atoms with Crippen LogP contribution in [0.25, 0.3) is 0 Å². The molecule has 140 valence electrons. The van der Waals surface area contributed by atoms with Gasteiger partial charge in [-0.3, -0.25) is 9.89 Å². The number of H-pyrrole nitrogens is 1. The lowest BCUT2D eigenvalue weighted by atomic mass is 10.1. The summed E-state index contributed by atoms with van der Waals surface area (Å²) < 4.78 is 5.73. The van der Waals surface area contributed by atoms with Crippen LogP contribution in [-0.2, 0) is 11.2 Å². The summed E-state index contributed by atoms with van der Waals surface area (Å²) in [6.07, 6.45) is 1.63. The maximum Gasteiger partial charge on any atom is 0.223 e. The highest BCUT2D eigenvalue weighted by Crippen LogP contribution is 2.24. The fourth-order valence-electron chi connectivity index (χ4n) is 3.37. The molecule has 0 spiro atoms. The molecule has 1 aliphatic rings. The molecular formula is C20H27N3O3. The Balaban J connectivity index is 1.50. The maximum absolute atomic E-state index is 12.5. The molecule has 6 nitrogen and oxygen atoms in total. The molecule has 1 amide bonds. The van der Waals surface area contributed by atoms with Gasteiger partial charge in [0.1, 0.15) is 18.0 Å². The number of nitrogens with zero attached hydrogens (tertiary/aromatic N) is 2. The summed E-state index contributed by atoms with van der Waals surface area (Å²) in [5.41, 5.74) is 3.24. The van der Waals surface area contributed by atoms with Crippen molar-refractivity contribution in [1.82, 2.24) is 15.1 Å². The van der Waals surface area contributed by atoms with Crippen molar-refractivity contribution >= 4 is 5.91 Å². The second-order valence-electron chi connectivity index (χ2n) is 7.30. The topological polar surface area (TPSA) is 78.5 Å². The van der Waals surface area contributed by atoms with Crippen LogP contribution in [-0.4, -0.2) is 51.4 Å². The third-order valence-corrected chi connectivity index (χ3v) is 5.08. The van der Waals surface area contributed by atoms with E-state index in [2.05, 4.69) is 10.2 Å². The minimum Gasteiger partial charge on any atom is -0.491 e. The number of rotatable bonds is 6. The van der Waals surface area contributed by atoms with Gasteiger partial charge >= 0.3 is 0 Å². The number of hydrogen-bond acceptors (Lipinski definition) is 4. The highest BCUT2D eigenvalue weighted by molar-refractivity contribution is 5.77. The SMILES string of the molecule is Cc1ccc(OC[C@]2(O)CCN(C(=O)CCc3c(C)n[nH]c3C)C2)cc1. The van der Waals surface area contributed by atoms with Gasteiger partial charge in [0.15, 0.2) is 0 Å². The highest BCUT2D eigenvalue weighted by Gasteiger charge is 2.38. The molecule has 2 aromatic rings. The molecule has 1 aliphatic heterocycles. The minimum atomic E-state index is -0.984. The van der Waals surface area contributed by atoms with Crippen molar-refractivity contribution in [3.05, 3.63) is 46.8 Å². The van der Waals surface area contributed by atoms with Gasteiger partial charge in [-0.05, 0) is 51.3 Å². The molecule has 1 aromatic carbocycles. The van der Waals surface area contributed by atoms with Gasteiger partial charge in [-0.2, -0.15) is 5.10 Å². The Morgan fingerprint density at radius 3 is 2.69 bits per heavy atom. The number of aromatic amines is 1. The predicted molar refractivity (Wildman–Crippen MR) is 99.2 cm³/mol. The van der Waals surface area contributed by atoms with Crippen molar-refractivity contribution in [2.75, 3.05) is 19.7 Å². The number of likely N-dealkylation sites (tertiary alicyclic amines) is 1. The first-order valence-corrected chi connectivity index (χ1v) is 9.06. The molecule has 0 radical (unpaired) electrons. The maximum atomic E-state index is 12.5. The van der Waals surface area contributed by atoms with E-state index in [0.29, 0.717) is 32.4 Å². The van der Waals surface area contributed by atoms with Crippen molar-refractivity contribution < 1.29 is 14.6 Å². The molecule has 3 rings (SSSR count).